The van der Waals surface area contributed by atoms with Crippen molar-refractivity contribution in [1.82, 2.24) is 0 Å². The number of ketones is 4. The Balaban J connectivity index is 0.000000474. The summed E-state index contributed by atoms with van der Waals surface area (Å²) in [5.41, 5.74) is 2.57. The van der Waals surface area contributed by atoms with Crippen molar-refractivity contribution >= 4 is 39.1 Å². The normalized spacial score (nSPS) is 14.5. The van der Waals surface area contributed by atoms with Gasteiger partial charge in [-0.1, -0.05) is 19.6 Å². The van der Waals surface area contributed by atoms with Crippen LogP contribution in [-0.2, 0) is 14.3 Å². The molecule has 0 saturated carbocycles. The number of benzene rings is 1. The predicted octanol–water partition coefficient (Wildman–Crippen LogP) is 5.44. The van der Waals surface area contributed by atoms with Gasteiger partial charge in [0.05, 0.1) is 17.9 Å². The highest BCUT2D eigenvalue weighted by Gasteiger charge is 2.23. The minimum Gasteiger partial charge on any atom is -0.508 e. The van der Waals surface area contributed by atoms with Crippen molar-refractivity contribution in [2.45, 2.75) is 28.2 Å². The Morgan fingerprint density at radius 1 is 1.00 bits per heavy atom. The number of carbonyl (C=O) groups is 4. The molecule has 7 heteroatoms. The van der Waals surface area contributed by atoms with Gasteiger partial charge in [0, 0.05) is 28.3 Å². The number of fused-ring (bicyclic) bond motifs is 1. The van der Waals surface area contributed by atoms with Gasteiger partial charge in [-0.2, -0.15) is 0 Å². The summed E-state index contributed by atoms with van der Waals surface area (Å²) in [7, 11) is 1.61. The van der Waals surface area contributed by atoms with E-state index in [4.69, 9.17) is 0 Å². The van der Waals surface area contributed by atoms with Crippen molar-refractivity contribution in [3.05, 3.63) is 87.7 Å². The maximum atomic E-state index is 11.6. The van der Waals surface area contributed by atoms with Gasteiger partial charge in [0.25, 0.3) is 0 Å². The lowest BCUT2D eigenvalue weighted by atomic mass is 9.90. The summed E-state index contributed by atoms with van der Waals surface area (Å²) in [4.78, 5) is 44.7. The van der Waals surface area contributed by atoms with E-state index in [1.807, 2.05) is 6.92 Å². The van der Waals surface area contributed by atoms with E-state index in [0.29, 0.717) is 21.2 Å². The lowest BCUT2D eigenvalue weighted by Crippen LogP contribution is -2.15. The fourth-order valence-electron chi connectivity index (χ4n) is 2.37. The van der Waals surface area contributed by atoms with Crippen LogP contribution >= 0.6 is 15.9 Å². The molecule has 0 amide bonds. The highest BCUT2D eigenvalue weighted by molar-refractivity contribution is 9.12. The van der Waals surface area contributed by atoms with Gasteiger partial charge in [-0.15, -0.1) is 0 Å². The van der Waals surface area contributed by atoms with Crippen LogP contribution in [-0.4, -0.2) is 35.3 Å². The Labute approximate surface area is 196 Å². The standard InChI is InChI=1S/C11H8O3.C7H5BrO2.C6H10O.CH4/c1-6-4-10(13)9-5-7(12)2-3-8(9)11(6)14;1-4-2-5(9)3-6(8)7(4)10;1-6(2)4-5-7-3;/h2-5,12H,1H3;2-3H,1H3;4-5H,1H2,2-3H3;1H4/b;;5-4+;. The van der Waals surface area contributed by atoms with E-state index in [0.717, 1.165) is 5.57 Å². The van der Waals surface area contributed by atoms with E-state index >= 15 is 0 Å². The van der Waals surface area contributed by atoms with E-state index in [9.17, 15) is 24.3 Å². The summed E-state index contributed by atoms with van der Waals surface area (Å²) in [6, 6.07) is 4.20. The maximum absolute atomic E-state index is 11.6. The van der Waals surface area contributed by atoms with Crippen molar-refractivity contribution in [3.8, 4) is 5.75 Å². The van der Waals surface area contributed by atoms with Gasteiger partial charge < -0.3 is 9.84 Å². The molecule has 0 heterocycles. The number of rotatable bonds is 2. The summed E-state index contributed by atoms with van der Waals surface area (Å²) in [5, 5.41) is 9.17. The SMILES string of the molecule is C.C=C(C)/C=C/OC.CC1=CC(=O)C=C(Br)C1=O.CC1=CC(=O)c2cc(O)ccc2C1=O. The van der Waals surface area contributed by atoms with Gasteiger partial charge in [0.1, 0.15) is 5.75 Å². The third-order valence-corrected chi connectivity index (χ3v) is 4.50. The number of ether oxygens (including phenoxy) is 1. The molecule has 0 atom stereocenters. The Morgan fingerprint density at radius 2 is 1.59 bits per heavy atom. The number of phenolic OH excluding ortho intramolecular Hbond substituents is 1. The monoisotopic (exact) mass is 502 g/mol. The molecule has 170 valence electrons. The summed E-state index contributed by atoms with van der Waals surface area (Å²) in [5.74, 6) is -0.631. The lowest BCUT2D eigenvalue weighted by molar-refractivity contribution is -0.114. The number of hydrogen-bond donors (Lipinski definition) is 1. The second-order valence-electron chi connectivity index (χ2n) is 6.69. The molecule has 2 aliphatic rings. The number of halogens is 1. The third kappa shape index (κ3) is 8.43. The van der Waals surface area contributed by atoms with Crippen LogP contribution in [0.2, 0.25) is 0 Å². The average molecular weight is 503 g/mol. The maximum Gasteiger partial charge on any atom is 0.195 e. The van der Waals surface area contributed by atoms with Crippen LogP contribution in [0, 0.1) is 0 Å². The van der Waals surface area contributed by atoms with Gasteiger partial charge in [-0.05, 0) is 73.1 Å². The largest absolute Gasteiger partial charge is 0.508 e. The smallest absolute Gasteiger partial charge is 0.195 e. The number of carbonyl (C=O) groups excluding carboxylic acids is 4. The number of aromatic hydroxyl groups is 1. The van der Waals surface area contributed by atoms with E-state index < -0.39 is 0 Å². The second kappa shape index (κ2) is 13.2. The summed E-state index contributed by atoms with van der Waals surface area (Å²) >= 11 is 2.98. The Hall–Kier alpha value is -3.32. The Kier molecular flexibility index (Phi) is 11.8. The molecule has 32 heavy (non-hydrogen) atoms. The molecule has 2 aliphatic carbocycles. The Morgan fingerprint density at radius 3 is 2.09 bits per heavy atom. The van der Waals surface area contributed by atoms with Crippen molar-refractivity contribution in [2.24, 2.45) is 0 Å². The van der Waals surface area contributed by atoms with E-state index in [1.165, 1.54) is 36.4 Å². The van der Waals surface area contributed by atoms with Gasteiger partial charge in [0.15, 0.2) is 23.1 Å². The fraction of sp³-hybridized carbons (Fsp3) is 0.200. The summed E-state index contributed by atoms with van der Waals surface area (Å²) in [6.45, 7) is 8.76. The van der Waals surface area contributed by atoms with Gasteiger partial charge >= 0.3 is 0 Å². The first-order valence-electron chi connectivity index (χ1n) is 9.07. The first-order chi connectivity index (χ1) is 14.5. The molecule has 0 fully saturated rings. The van der Waals surface area contributed by atoms with Crippen LogP contribution < -0.4 is 0 Å². The molecule has 0 unspecified atom stereocenters. The molecular formula is C25H27BrO6. The van der Waals surface area contributed by atoms with Crippen LogP contribution in [0.5, 0.6) is 5.75 Å². The predicted molar refractivity (Wildman–Crippen MR) is 129 cm³/mol. The molecule has 1 aromatic carbocycles. The van der Waals surface area contributed by atoms with Gasteiger partial charge in [0.2, 0.25) is 0 Å². The third-order valence-electron chi connectivity index (χ3n) is 3.91. The van der Waals surface area contributed by atoms with Crippen LogP contribution in [0.15, 0.2) is 76.5 Å². The molecule has 1 aromatic rings. The van der Waals surface area contributed by atoms with E-state index in [1.54, 1.807) is 33.3 Å². The zero-order valence-corrected chi connectivity index (χ0v) is 19.3. The number of Topliss-reactive ketones (excluding diaryl/α,β-unsaturated/α-hetero) is 2. The molecule has 0 bridgehead atoms. The van der Waals surface area contributed by atoms with Gasteiger partial charge in [-0.3, -0.25) is 19.2 Å². The van der Waals surface area contributed by atoms with E-state index in [-0.39, 0.29) is 41.9 Å². The van der Waals surface area contributed by atoms with Gasteiger partial charge in [-0.25, -0.2) is 0 Å². The molecule has 1 N–H and O–H groups in total. The topological polar surface area (TPSA) is 97.7 Å². The lowest BCUT2D eigenvalue weighted by Gasteiger charge is -2.11. The van der Waals surface area contributed by atoms with Crippen molar-refractivity contribution in [1.29, 1.82) is 0 Å². The molecule has 0 aromatic heterocycles. The zero-order valence-electron chi connectivity index (χ0n) is 17.7. The van der Waals surface area contributed by atoms with Crippen molar-refractivity contribution in [2.75, 3.05) is 7.11 Å². The highest BCUT2D eigenvalue weighted by Crippen LogP contribution is 2.24. The summed E-state index contributed by atoms with van der Waals surface area (Å²) in [6.07, 6.45) is 7.30. The molecular weight excluding hydrogens is 476 g/mol. The minimum absolute atomic E-state index is 0. The zero-order chi connectivity index (χ0) is 23.7. The van der Waals surface area contributed by atoms with Crippen LogP contribution in [0.1, 0.15) is 48.9 Å². The number of methoxy groups -OCH3 is 1. The molecule has 0 saturated heterocycles. The van der Waals surface area contributed by atoms with Crippen molar-refractivity contribution < 1.29 is 29.0 Å². The number of hydrogen-bond acceptors (Lipinski definition) is 6. The fourth-order valence-corrected chi connectivity index (χ4v) is 2.91. The second-order valence-corrected chi connectivity index (χ2v) is 7.54. The number of phenols is 1. The minimum atomic E-state index is -0.229. The molecule has 6 nitrogen and oxygen atoms in total. The first kappa shape index (κ1) is 28.7. The first-order valence-corrected chi connectivity index (χ1v) is 9.86. The molecule has 0 radical (unpaired) electrons. The van der Waals surface area contributed by atoms with Crippen LogP contribution in [0.25, 0.3) is 0 Å². The number of allylic oxidation sites excluding steroid dienone is 8. The van der Waals surface area contributed by atoms with E-state index in [2.05, 4.69) is 27.2 Å². The van der Waals surface area contributed by atoms with Crippen LogP contribution in [0.4, 0.5) is 0 Å². The quantitative estimate of drug-likeness (QED) is 0.328. The van der Waals surface area contributed by atoms with Crippen molar-refractivity contribution in [3.63, 3.8) is 0 Å². The summed E-state index contributed by atoms with van der Waals surface area (Å²) < 4.78 is 4.96. The molecule has 0 spiro atoms. The van der Waals surface area contributed by atoms with Crippen LogP contribution in [0.3, 0.4) is 0 Å². The average Bonchev–Trinajstić information content (AvgIpc) is 2.69. The highest BCUT2D eigenvalue weighted by atomic mass is 79.9. The molecule has 3 rings (SSSR count). The molecule has 0 aliphatic heterocycles. The Bertz CT molecular complexity index is 1030.